The molecule has 0 fully saturated rings. The average molecular weight is 289 g/mol. The van der Waals surface area contributed by atoms with E-state index in [0.29, 0.717) is 19.3 Å². The van der Waals surface area contributed by atoms with Crippen LogP contribution in [0.15, 0.2) is 35.0 Å². The fourth-order valence-electron chi connectivity index (χ4n) is 2.42. The molecule has 1 unspecified atom stereocenters. The first-order valence-corrected chi connectivity index (χ1v) is 7.95. The molecule has 2 aromatic rings. The topological polar surface area (TPSA) is 30.5 Å². The molecular formula is C16H19NO2S. The molecule has 0 spiro atoms. The predicted molar refractivity (Wildman–Crippen MR) is 81.9 cm³/mol. The number of hydrogen-bond acceptors (Lipinski definition) is 4. The van der Waals surface area contributed by atoms with Crippen LogP contribution in [0.4, 0.5) is 0 Å². The van der Waals surface area contributed by atoms with Crippen molar-refractivity contribution in [1.82, 2.24) is 5.32 Å². The average Bonchev–Trinajstić information content (AvgIpc) is 3.09. The Morgan fingerprint density at radius 2 is 2.35 bits per heavy atom. The van der Waals surface area contributed by atoms with Gasteiger partial charge < -0.3 is 14.8 Å². The quantitative estimate of drug-likeness (QED) is 0.884. The molecule has 1 aromatic heterocycles. The number of benzene rings is 1. The van der Waals surface area contributed by atoms with Crippen molar-refractivity contribution in [3.63, 3.8) is 0 Å². The molecule has 0 radical (unpaired) electrons. The summed E-state index contributed by atoms with van der Waals surface area (Å²) >= 11 is 1.72. The van der Waals surface area contributed by atoms with Crippen molar-refractivity contribution < 1.29 is 9.47 Å². The number of thiophene rings is 1. The minimum absolute atomic E-state index is 0.315. The van der Waals surface area contributed by atoms with Crippen LogP contribution in [0, 0.1) is 0 Å². The molecular weight excluding hydrogens is 270 g/mol. The third-order valence-corrected chi connectivity index (χ3v) is 4.19. The number of rotatable bonds is 6. The maximum absolute atomic E-state index is 5.80. The Kier molecular flexibility index (Phi) is 4.23. The third kappa shape index (κ3) is 2.97. The maximum Gasteiger partial charge on any atom is 0.127 e. The van der Waals surface area contributed by atoms with E-state index in [1.807, 2.05) is 12.1 Å². The Balaban J connectivity index is 1.59. The van der Waals surface area contributed by atoms with Gasteiger partial charge in [0.15, 0.2) is 0 Å². The highest BCUT2D eigenvalue weighted by atomic mass is 32.1. The summed E-state index contributed by atoms with van der Waals surface area (Å²) in [5, 5.41) is 7.68. The number of nitrogens with one attached hydrogen (secondary N) is 1. The Hall–Kier alpha value is -1.52. The molecule has 106 valence electrons. The van der Waals surface area contributed by atoms with E-state index in [0.717, 1.165) is 24.5 Å². The van der Waals surface area contributed by atoms with Crippen LogP contribution in [-0.4, -0.2) is 19.8 Å². The van der Waals surface area contributed by atoms with Gasteiger partial charge in [-0.2, -0.15) is 11.3 Å². The fraction of sp³-hybridized carbons (Fsp3) is 0.375. The first kappa shape index (κ1) is 13.5. The lowest BCUT2D eigenvalue weighted by Crippen LogP contribution is -2.21. The molecule has 20 heavy (non-hydrogen) atoms. The lowest BCUT2D eigenvalue weighted by Gasteiger charge is -2.10. The molecule has 1 aliphatic rings. The van der Waals surface area contributed by atoms with Gasteiger partial charge >= 0.3 is 0 Å². The van der Waals surface area contributed by atoms with Crippen LogP contribution in [0.5, 0.6) is 11.5 Å². The zero-order valence-corrected chi connectivity index (χ0v) is 12.4. The highest BCUT2D eigenvalue weighted by molar-refractivity contribution is 7.07. The van der Waals surface area contributed by atoms with Gasteiger partial charge in [0.1, 0.15) is 18.1 Å². The Morgan fingerprint density at radius 3 is 3.15 bits per heavy atom. The molecule has 1 atom stereocenters. The van der Waals surface area contributed by atoms with Crippen molar-refractivity contribution in [1.29, 1.82) is 0 Å². The summed E-state index contributed by atoms with van der Waals surface area (Å²) in [6, 6.07) is 8.59. The Morgan fingerprint density at radius 1 is 1.40 bits per heavy atom. The first-order chi connectivity index (χ1) is 9.86. The normalized spacial score (nSPS) is 16.8. The van der Waals surface area contributed by atoms with Crippen LogP contribution in [0.3, 0.4) is 0 Å². The lowest BCUT2D eigenvalue weighted by molar-refractivity contribution is 0.305. The molecule has 1 aliphatic heterocycles. The van der Waals surface area contributed by atoms with Crippen LogP contribution >= 0.6 is 11.3 Å². The molecule has 1 aromatic carbocycles. The van der Waals surface area contributed by atoms with E-state index in [4.69, 9.17) is 9.47 Å². The van der Waals surface area contributed by atoms with Crippen LogP contribution < -0.4 is 14.8 Å². The van der Waals surface area contributed by atoms with Crippen LogP contribution in [0.2, 0.25) is 0 Å². The zero-order valence-electron chi connectivity index (χ0n) is 11.6. The van der Waals surface area contributed by atoms with Gasteiger partial charge in [0.2, 0.25) is 0 Å². The highest BCUT2D eigenvalue weighted by Crippen LogP contribution is 2.35. The molecule has 0 saturated heterocycles. The minimum atomic E-state index is 0.315. The van der Waals surface area contributed by atoms with E-state index >= 15 is 0 Å². The van der Waals surface area contributed by atoms with Gasteiger partial charge in [-0.15, -0.1) is 0 Å². The number of ether oxygens (including phenoxy) is 2. The standard InChI is InChI=1S/C16H19NO2S/c1-2-17-15-10-19-16-9-13(3-4-14(15)16)18-7-5-12-6-8-20-11-12/h3-4,6,8-9,11,15,17H,2,5,7,10H2,1H3. The van der Waals surface area contributed by atoms with Crippen LogP contribution in [0.25, 0.3) is 0 Å². The van der Waals surface area contributed by atoms with Gasteiger partial charge in [-0.1, -0.05) is 6.92 Å². The second kappa shape index (κ2) is 6.29. The molecule has 2 heterocycles. The van der Waals surface area contributed by atoms with Crippen LogP contribution in [-0.2, 0) is 6.42 Å². The second-order valence-corrected chi connectivity index (χ2v) is 5.63. The predicted octanol–water partition coefficient (Wildman–Crippen LogP) is 3.41. The summed E-state index contributed by atoms with van der Waals surface area (Å²) in [6.07, 6.45) is 0.946. The number of likely N-dealkylation sites (N-methyl/N-ethyl adjacent to an activating group) is 1. The molecule has 4 heteroatoms. The Labute approximate surface area is 123 Å². The molecule has 0 amide bonds. The summed E-state index contributed by atoms with van der Waals surface area (Å²) in [5.74, 6) is 1.83. The summed E-state index contributed by atoms with van der Waals surface area (Å²) in [6.45, 7) is 4.47. The van der Waals surface area contributed by atoms with Gasteiger partial charge in [0, 0.05) is 18.1 Å². The minimum Gasteiger partial charge on any atom is -0.493 e. The van der Waals surface area contributed by atoms with E-state index in [1.165, 1.54) is 11.1 Å². The van der Waals surface area contributed by atoms with E-state index < -0.39 is 0 Å². The maximum atomic E-state index is 5.80. The molecule has 0 saturated carbocycles. The third-order valence-electron chi connectivity index (χ3n) is 3.46. The summed E-state index contributed by atoms with van der Waals surface area (Å²) < 4.78 is 11.5. The van der Waals surface area contributed by atoms with E-state index in [-0.39, 0.29) is 0 Å². The van der Waals surface area contributed by atoms with Crippen molar-refractivity contribution >= 4 is 11.3 Å². The smallest absolute Gasteiger partial charge is 0.127 e. The second-order valence-electron chi connectivity index (χ2n) is 4.85. The zero-order chi connectivity index (χ0) is 13.8. The van der Waals surface area contributed by atoms with Crippen LogP contribution in [0.1, 0.15) is 24.1 Å². The van der Waals surface area contributed by atoms with E-state index in [9.17, 15) is 0 Å². The van der Waals surface area contributed by atoms with Gasteiger partial charge in [-0.3, -0.25) is 0 Å². The van der Waals surface area contributed by atoms with E-state index in [2.05, 4.69) is 35.1 Å². The molecule has 0 aliphatic carbocycles. The van der Waals surface area contributed by atoms with Gasteiger partial charge in [-0.05, 0) is 41.1 Å². The number of hydrogen-bond donors (Lipinski definition) is 1. The van der Waals surface area contributed by atoms with Crippen molar-refractivity contribution in [2.45, 2.75) is 19.4 Å². The van der Waals surface area contributed by atoms with Gasteiger partial charge in [0.25, 0.3) is 0 Å². The molecule has 3 rings (SSSR count). The van der Waals surface area contributed by atoms with E-state index in [1.54, 1.807) is 11.3 Å². The van der Waals surface area contributed by atoms with Gasteiger partial charge in [0.05, 0.1) is 12.6 Å². The number of fused-ring (bicyclic) bond motifs is 1. The Bertz CT molecular complexity index is 554. The van der Waals surface area contributed by atoms with Gasteiger partial charge in [-0.25, -0.2) is 0 Å². The first-order valence-electron chi connectivity index (χ1n) is 7.01. The fourth-order valence-corrected chi connectivity index (χ4v) is 3.12. The molecule has 3 nitrogen and oxygen atoms in total. The monoisotopic (exact) mass is 289 g/mol. The summed E-state index contributed by atoms with van der Waals surface area (Å²) in [5.41, 5.74) is 2.57. The molecule has 1 N–H and O–H groups in total. The SMILES string of the molecule is CCNC1COc2cc(OCCc3ccsc3)ccc21. The summed E-state index contributed by atoms with van der Waals surface area (Å²) in [7, 11) is 0. The lowest BCUT2D eigenvalue weighted by atomic mass is 10.1. The van der Waals surface area contributed by atoms with Crippen molar-refractivity contribution in [2.24, 2.45) is 0 Å². The van der Waals surface area contributed by atoms with Crippen molar-refractivity contribution in [2.75, 3.05) is 19.8 Å². The highest BCUT2D eigenvalue weighted by Gasteiger charge is 2.23. The molecule has 0 bridgehead atoms. The van der Waals surface area contributed by atoms with Crippen molar-refractivity contribution in [3.05, 3.63) is 46.2 Å². The van der Waals surface area contributed by atoms with Crippen molar-refractivity contribution in [3.8, 4) is 11.5 Å². The largest absolute Gasteiger partial charge is 0.493 e. The summed E-state index contributed by atoms with van der Waals surface area (Å²) in [4.78, 5) is 0.